The summed E-state index contributed by atoms with van der Waals surface area (Å²) >= 11 is 1.57. The van der Waals surface area contributed by atoms with Crippen molar-refractivity contribution in [3.05, 3.63) is 132 Å². The van der Waals surface area contributed by atoms with Gasteiger partial charge in [-0.15, -0.1) is 18.3 Å². The Hall–Kier alpha value is -4.10. The van der Waals surface area contributed by atoms with Gasteiger partial charge in [0.05, 0.1) is 6.42 Å². The van der Waals surface area contributed by atoms with Crippen LogP contribution in [0, 0.1) is 0 Å². The molecule has 0 aliphatic carbocycles. The summed E-state index contributed by atoms with van der Waals surface area (Å²) in [6, 6.07) is 27.2. The van der Waals surface area contributed by atoms with Gasteiger partial charge in [0, 0.05) is 5.75 Å². The Kier molecular flexibility index (Phi) is 9.36. The van der Waals surface area contributed by atoms with Crippen LogP contribution < -0.4 is 5.32 Å². The Morgan fingerprint density at radius 2 is 1.56 bits per heavy atom. The summed E-state index contributed by atoms with van der Waals surface area (Å²) in [5, 5.41) is 2.57. The molecule has 3 atom stereocenters. The summed E-state index contributed by atoms with van der Waals surface area (Å²) in [5.74, 6) is -0.369. The smallest absolute Gasteiger partial charge is 0.334 e. The van der Waals surface area contributed by atoms with E-state index in [4.69, 9.17) is 4.74 Å². The Labute approximate surface area is 245 Å². The summed E-state index contributed by atoms with van der Waals surface area (Å²) < 4.78 is 6.23. The highest BCUT2D eigenvalue weighted by atomic mass is 32.2. The number of carbonyl (C=O) groups is 3. The Morgan fingerprint density at radius 3 is 2.17 bits per heavy atom. The predicted molar refractivity (Wildman–Crippen MR) is 162 cm³/mol. The molecule has 3 aromatic rings. The van der Waals surface area contributed by atoms with Crippen LogP contribution >= 0.6 is 11.8 Å². The zero-order valence-corrected chi connectivity index (χ0v) is 23.7. The first kappa shape index (κ1) is 28.4. The zero-order valence-electron chi connectivity index (χ0n) is 22.9. The van der Waals surface area contributed by atoms with Gasteiger partial charge in [0.2, 0.25) is 11.8 Å². The molecule has 2 aliphatic rings. The maximum absolute atomic E-state index is 14.0. The lowest BCUT2D eigenvalue weighted by Crippen LogP contribution is -2.74. The minimum atomic E-state index is -0.838. The van der Waals surface area contributed by atoms with Crippen LogP contribution in [0.5, 0.6) is 0 Å². The number of ether oxygens (including phenoxy) is 1. The first-order chi connectivity index (χ1) is 20.1. The number of hydrogen-bond donors (Lipinski definition) is 1. The number of esters is 1. The zero-order chi connectivity index (χ0) is 28.6. The maximum atomic E-state index is 14.0. The molecule has 3 aromatic carbocycles. The highest BCUT2D eigenvalue weighted by Gasteiger charge is 2.57. The summed E-state index contributed by atoms with van der Waals surface area (Å²) in [5.41, 5.74) is 3.45. The molecule has 0 spiro atoms. The number of carbonyl (C=O) groups excluding carboxylic acids is 3. The van der Waals surface area contributed by atoms with Crippen LogP contribution in [-0.2, 0) is 25.5 Å². The topological polar surface area (TPSA) is 75.7 Å². The number of fused-ring (bicyclic) bond motifs is 1. The largest absolute Gasteiger partial charge is 0.451 e. The van der Waals surface area contributed by atoms with Crippen molar-refractivity contribution in [2.24, 2.45) is 0 Å². The van der Waals surface area contributed by atoms with Gasteiger partial charge in [0.1, 0.15) is 11.4 Å². The van der Waals surface area contributed by atoms with Crippen LogP contribution in [0.25, 0.3) is 0 Å². The first-order valence-electron chi connectivity index (χ1n) is 13.9. The highest BCUT2D eigenvalue weighted by molar-refractivity contribution is 8.00. The average Bonchev–Trinajstić information content (AvgIpc) is 3.01. The van der Waals surface area contributed by atoms with Crippen LogP contribution in [0.3, 0.4) is 0 Å². The van der Waals surface area contributed by atoms with Crippen molar-refractivity contribution in [3.63, 3.8) is 0 Å². The number of benzene rings is 3. The Balaban J connectivity index is 1.37. The normalized spacial score (nSPS) is 20.7. The van der Waals surface area contributed by atoms with E-state index in [0.717, 1.165) is 41.5 Å². The Bertz CT molecular complexity index is 1350. The molecule has 2 saturated heterocycles. The van der Waals surface area contributed by atoms with Crippen molar-refractivity contribution < 1.29 is 19.1 Å². The number of amides is 2. The van der Waals surface area contributed by atoms with E-state index in [9.17, 15) is 14.4 Å². The molecule has 2 aliphatic heterocycles. The number of nitrogens with one attached hydrogen (secondary N) is 1. The molecule has 5 rings (SSSR count). The Morgan fingerprint density at radius 1 is 0.951 bits per heavy atom. The summed E-state index contributed by atoms with van der Waals surface area (Å²) in [6.45, 7) is 3.79. The molecule has 2 heterocycles. The lowest BCUT2D eigenvalue weighted by molar-refractivity contribution is -0.165. The van der Waals surface area contributed by atoms with Crippen LogP contribution in [0.4, 0.5) is 0 Å². The van der Waals surface area contributed by atoms with Gasteiger partial charge in [-0.2, -0.15) is 0 Å². The van der Waals surface area contributed by atoms with Gasteiger partial charge < -0.3 is 15.0 Å². The molecule has 7 heteroatoms. The third kappa shape index (κ3) is 6.63. The van der Waals surface area contributed by atoms with Gasteiger partial charge in [-0.3, -0.25) is 9.59 Å². The molecular weight excluding hydrogens is 532 g/mol. The third-order valence-electron chi connectivity index (χ3n) is 7.33. The second-order valence-corrected chi connectivity index (χ2v) is 11.3. The molecule has 210 valence electrons. The molecule has 0 radical (unpaired) electrons. The van der Waals surface area contributed by atoms with Crippen LogP contribution in [0.1, 0.15) is 42.1 Å². The minimum Gasteiger partial charge on any atom is -0.451 e. The second kappa shape index (κ2) is 13.5. The predicted octanol–water partition coefficient (Wildman–Crippen LogP) is 5.61. The lowest BCUT2D eigenvalue weighted by Gasteiger charge is -2.53. The molecular formula is C34H34N2O4S. The molecule has 6 nitrogen and oxygen atoms in total. The maximum Gasteiger partial charge on any atom is 0.334 e. The molecule has 41 heavy (non-hydrogen) atoms. The van der Waals surface area contributed by atoms with E-state index in [1.54, 1.807) is 16.7 Å². The van der Waals surface area contributed by atoms with Gasteiger partial charge in [0.25, 0.3) is 0 Å². The van der Waals surface area contributed by atoms with Crippen molar-refractivity contribution in [3.8, 4) is 0 Å². The van der Waals surface area contributed by atoms with Gasteiger partial charge in [-0.05, 0) is 41.5 Å². The monoisotopic (exact) mass is 566 g/mol. The van der Waals surface area contributed by atoms with E-state index < -0.39 is 24.2 Å². The fraction of sp³-hybridized carbons (Fsp3) is 0.265. The minimum absolute atomic E-state index is 0.192. The first-order valence-corrected chi connectivity index (χ1v) is 15.0. The number of β-lactam (4-membered cyclic amide) rings is 1. The van der Waals surface area contributed by atoms with Crippen molar-refractivity contribution in [2.75, 3.05) is 5.75 Å². The van der Waals surface area contributed by atoms with E-state index in [1.807, 2.05) is 97.1 Å². The summed E-state index contributed by atoms with van der Waals surface area (Å²) in [4.78, 5) is 41.9. The molecule has 0 unspecified atom stereocenters. The SMILES string of the molecule is C=CCCC/C=C1\CS[C@@H]2[C@H](NC(=O)Cc3ccccc3)C(=O)N2[C@H]1C(=O)OC(c1ccccc1)c1ccccc1. The number of rotatable bonds is 11. The van der Waals surface area contributed by atoms with E-state index in [1.165, 1.54) is 0 Å². The number of thioether (sulfide) groups is 1. The number of nitrogens with zero attached hydrogens (tertiary/aromatic N) is 1. The quantitative estimate of drug-likeness (QED) is 0.141. The fourth-order valence-electron chi connectivity index (χ4n) is 5.27. The molecule has 0 aromatic heterocycles. The van der Waals surface area contributed by atoms with Crippen molar-refractivity contribution >= 4 is 29.5 Å². The van der Waals surface area contributed by atoms with Crippen LogP contribution in [0.2, 0.25) is 0 Å². The number of hydrogen-bond acceptors (Lipinski definition) is 5. The van der Waals surface area contributed by atoms with Crippen molar-refractivity contribution in [1.29, 1.82) is 0 Å². The van der Waals surface area contributed by atoms with Crippen LogP contribution in [0.15, 0.2) is 115 Å². The third-order valence-corrected chi connectivity index (χ3v) is 8.68. The van der Waals surface area contributed by atoms with Crippen molar-refractivity contribution in [2.45, 2.75) is 49.2 Å². The van der Waals surface area contributed by atoms with E-state index in [2.05, 4.69) is 18.0 Å². The van der Waals surface area contributed by atoms with Crippen molar-refractivity contribution in [1.82, 2.24) is 10.2 Å². The molecule has 2 amide bonds. The standard InChI is InChI=1S/C34H34N2O4S/c1-2-3-4-10-21-27-23-41-33-29(35-28(37)22-24-15-8-5-9-16-24)32(38)36(33)30(27)34(39)40-31(25-17-11-6-12-18-25)26-19-13-7-14-20-26/h2,5-9,11-21,29-31,33H,1,3-4,10,22-23H2,(H,35,37)/b27-21+/t29-,30-,33-/m1/s1. The van der Waals surface area contributed by atoms with E-state index in [0.29, 0.717) is 5.75 Å². The second-order valence-electron chi connectivity index (χ2n) is 10.2. The van der Waals surface area contributed by atoms with Gasteiger partial charge >= 0.3 is 5.97 Å². The average molecular weight is 567 g/mol. The van der Waals surface area contributed by atoms with Gasteiger partial charge in [0.15, 0.2) is 12.1 Å². The lowest BCUT2D eigenvalue weighted by atomic mass is 9.96. The number of unbranched alkanes of at least 4 members (excludes halogenated alkanes) is 2. The van der Waals surface area contributed by atoms with Gasteiger partial charge in [-0.25, -0.2) is 4.79 Å². The highest BCUT2D eigenvalue weighted by Crippen LogP contribution is 2.42. The molecule has 1 N–H and O–H groups in total. The number of allylic oxidation sites excluding steroid dienone is 2. The molecule has 0 bridgehead atoms. The fourth-order valence-corrected chi connectivity index (χ4v) is 6.67. The summed E-state index contributed by atoms with van der Waals surface area (Å²) in [7, 11) is 0. The van der Waals surface area contributed by atoms with E-state index in [-0.39, 0.29) is 23.6 Å². The summed E-state index contributed by atoms with van der Waals surface area (Å²) in [6.07, 6.45) is 6.07. The van der Waals surface area contributed by atoms with E-state index >= 15 is 0 Å². The van der Waals surface area contributed by atoms with Gasteiger partial charge in [-0.1, -0.05) is 103 Å². The molecule has 0 saturated carbocycles. The molecule has 2 fully saturated rings. The van der Waals surface area contributed by atoms with Crippen LogP contribution in [-0.4, -0.2) is 45.9 Å².